The average Bonchev–Trinajstić information content (AvgIpc) is 3.19. The molecule has 0 fully saturated rings. The molecule has 1 N–H and O–H groups in total. The fraction of sp³-hybridized carbons (Fsp3) is 0.200. The van der Waals surface area contributed by atoms with Crippen molar-refractivity contribution in [2.45, 2.75) is 17.9 Å². The molecule has 0 atom stereocenters. The monoisotopic (exact) mass is 498 g/mol. The van der Waals surface area contributed by atoms with Gasteiger partial charge >= 0.3 is 5.97 Å². The van der Waals surface area contributed by atoms with Gasteiger partial charge in [-0.15, -0.1) is 0 Å². The minimum Gasteiger partial charge on any atom is -0.748 e. The zero-order chi connectivity index (χ0) is 23.0. The molecule has 0 aliphatic carbocycles. The minimum absolute atomic E-state index is 0.0342. The summed E-state index contributed by atoms with van der Waals surface area (Å²) in [6.07, 6.45) is 1.74. The Labute approximate surface area is 190 Å². The van der Waals surface area contributed by atoms with Gasteiger partial charge in [-0.3, -0.25) is 0 Å². The highest BCUT2D eigenvalue weighted by Gasteiger charge is 2.29. The van der Waals surface area contributed by atoms with Crippen molar-refractivity contribution in [3.63, 3.8) is 0 Å². The van der Waals surface area contributed by atoms with Crippen molar-refractivity contribution < 1.29 is 36.2 Å². The van der Waals surface area contributed by atoms with Crippen LogP contribution < -0.4 is 9.47 Å². The second kappa shape index (κ2) is 8.77. The number of aromatic nitrogens is 1. The van der Waals surface area contributed by atoms with Crippen molar-refractivity contribution in [3.8, 4) is 0 Å². The molecule has 168 valence electrons. The number of aliphatic carboxylic acids is 1. The average molecular weight is 499 g/mol. The van der Waals surface area contributed by atoms with E-state index in [4.69, 9.17) is 0 Å². The standard InChI is InChI=1S/C20H16F2N2O5S3/c21-12-2-4-16-14(8-12)23(6-1-7-32(27,28)29)18(30-16)10-19-24(11-20(25)26)15-9-13(22)3-5-17(15)31-19/h2-5,8-10H,1,6-7,11H2,(H-,25,26,27,28,29). The lowest BCUT2D eigenvalue weighted by Gasteiger charge is -2.20. The maximum atomic E-state index is 13.9. The summed E-state index contributed by atoms with van der Waals surface area (Å²) < 4.78 is 62.9. The SMILES string of the molecule is O=C(O)C[n+]1c(/C=C2\Sc3ccc(F)cc3N2CCCS(=O)(=O)[O-])sc2ccc(F)cc21. The van der Waals surface area contributed by atoms with Gasteiger partial charge in [0.15, 0.2) is 0 Å². The summed E-state index contributed by atoms with van der Waals surface area (Å²) in [6, 6.07) is 8.35. The Balaban J connectivity index is 1.77. The fourth-order valence-corrected chi connectivity index (χ4v) is 6.14. The lowest BCUT2D eigenvalue weighted by atomic mass is 10.2. The van der Waals surface area contributed by atoms with E-state index in [1.54, 1.807) is 23.1 Å². The number of anilines is 1. The van der Waals surface area contributed by atoms with E-state index in [1.165, 1.54) is 51.9 Å². The molecule has 3 aromatic rings. The van der Waals surface area contributed by atoms with Crippen molar-refractivity contribution in [1.82, 2.24) is 0 Å². The molecule has 2 heterocycles. The summed E-state index contributed by atoms with van der Waals surface area (Å²) in [4.78, 5) is 13.9. The van der Waals surface area contributed by atoms with Gasteiger partial charge in [0.1, 0.15) is 16.3 Å². The van der Waals surface area contributed by atoms with Crippen molar-refractivity contribution in [2.75, 3.05) is 17.2 Å². The number of fused-ring (bicyclic) bond motifs is 2. The molecule has 0 spiro atoms. The highest BCUT2D eigenvalue weighted by molar-refractivity contribution is 8.03. The molecule has 0 unspecified atom stereocenters. The van der Waals surface area contributed by atoms with Crippen molar-refractivity contribution in [1.29, 1.82) is 0 Å². The lowest BCUT2D eigenvalue weighted by Crippen LogP contribution is -2.39. The molecular formula is C20H16F2N2O5S3. The van der Waals surface area contributed by atoms with Crippen LogP contribution in [0, 0.1) is 11.6 Å². The highest BCUT2D eigenvalue weighted by Crippen LogP contribution is 2.47. The third-order valence-corrected chi connectivity index (χ3v) is 7.71. The van der Waals surface area contributed by atoms with Gasteiger partial charge in [-0.05, 0) is 36.8 Å². The van der Waals surface area contributed by atoms with Crippen LogP contribution in [-0.2, 0) is 21.5 Å². The molecule has 0 saturated heterocycles. The number of thioether (sulfide) groups is 1. The van der Waals surface area contributed by atoms with Crippen LogP contribution in [0.2, 0.25) is 0 Å². The summed E-state index contributed by atoms with van der Waals surface area (Å²) in [5, 5.41) is 10.5. The molecule has 2 aromatic carbocycles. The van der Waals surface area contributed by atoms with Crippen molar-refractivity contribution in [2.24, 2.45) is 0 Å². The third kappa shape index (κ3) is 4.93. The predicted molar refractivity (Wildman–Crippen MR) is 116 cm³/mol. The van der Waals surface area contributed by atoms with Gasteiger partial charge in [0, 0.05) is 23.3 Å². The van der Waals surface area contributed by atoms with E-state index in [0.29, 0.717) is 25.9 Å². The number of thiazole rings is 1. The molecule has 32 heavy (non-hydrogen) atoms. The molecule has 1 aromatic heterocycles. The summed E-state index contributed by atoms with van der Waals surface area (Å²) in [5.74, 6) is -2.62. The first-order chi connectivity index (χ1) is 15.1. The van der Waals surface area contributed by atoms with Gasteiger partial charge < -0.3 is 14.6 Å². The molecule has 12 heteroatoms. The summed E-state index contributed by atoms with van der Waals surface area (Å²) >= 11 is 2.58. The van der Waals surface area contributed by atoms with Crippen LogP contribution >= 0.6 is 23.1 Å². The normalized spacial score (nSPS) is 15.0. The Hall–Kier alpha value is -2.54. The summed E-state index contributed by atoms with van der Waals surface area (Å²) in [6.45, 7) is -0.238. The minimum atomic E-state index is -4.40. The van der Waals surface area contributed by atoms with Gasteiger partial charge in [0.2, 0.25) is 12.1 Å². The van der Waals surface area contributed by atoms with E-state index in [0.717, 1.165) is 4.90 Å². The molecule has 0 radical (unpaired) electrons. The van der Waals surface area contributed by atoms with Crippen molar-refractivity contribution in [3.05, 3.63) is 58.1 Å². The number of benzene rings is 2. The topological polar surface area (TPSA) is 102 Å². The van der Waals surface area contributed by atoms with E-state index in [9.17, 15) is 31.7 Å². The first-order valence-corrected chi connectivity index (χ1v) is 12.6. The first-order valence-electron chi connectivity index (χ1n) is 9.34. The molecule has 0 saturated carbocycles. The largest absolute Gasteiger partial charge is 0.748 e. The second-order valence-electron chi connectivity index (χ2n) is 7.00. The highest BCUT2D eigenvalue weighted by atomic mass is 32.2. The van der Waals surface area contributed by atoms with Gasteiger partial charge in [-0.25, -0.2) is 22.0 Å². The Kier molecular flexibility index (Phi) is 6.21. The molecule has 4 rings (SSSR count). The Morgan fingerprint density at radius 3 is 2.62 bits per heavy atom. The number of carboxylic acids is 1. The van der Waals surface area contributed by atoms with Crippen LogP contribution in [0.15, 0.2) is 46.3 Å². The van der Waals surface area contributed by atoms with E-state index in [-0.39, 0.29) is 19.5 Å². The molecule has 1 aliphatic rings. The Morgan fingerprint density at radius 1 is 1.19 bits per heavy atom. The molecule has 0 amide bonds. The van der Waals surface area contributed by atoms with E-state index in [1.807, 2.05) is 0 Å². The Bertz CT molecular complexity index is 1350. The maximum absolute atomic E-state index is 13.9. The van der Waals surface area contributed by atoms with Crippen LogP contribution in [0.5, 0.6) is 0 Å². The number of hydrogen-bond donors (Lipinski definition) is 1. The number of hydrogen-bond acceptors (Lipinski definition) is 7. The number of nitrogens with zero attached hydrogens (tertiary/aromatic N) is 2. The molecule has 0 bridgehead atoms. The summed E-state index contributed by atoms with van der Waals surface area (Å²) in [7, 11) is -4.40. The van der Waals surface area contributed by atoms with Crippen LogP contribution in [0.1, 0.15) is 11.4 Å². The molecule has 1 aliphatic heterocycles. The number of rotatable bonds is 7. The first kappa shape index (κ1) is 22.6. The maximum Gasteiger partial charge on any atom is 0.370 e. The van der Waals surface area contributed by atoms with E-state index in [2.05, 4.69) is 0 Å². The van der Waals surface area contributed by atoms with Crippen LogP contribution in [0.3, 0.4) is 0 Å². The van der Waals surface area contributed by atoms with Crippen LogP contribution in [0.25, 0.3) is 16.3 Å². The van der Waals surface area contributed by atoms with Gasteiger partial charge in [0.25, 0.3) is 5.01 Å². The smallest absolute Gasteiger partial charge is 0.370 e. The predicted octanol–water partition coefficient (Wildman–Crippen LogP) is 3.40. The van der Waals surface area contributed by atoms with Crippen molar-refractivity contribution >= 4 is 61.2 Å². The number of halogens is 2. The van der Waals surface area contributed by atoms with E-state index < -0.39 is 33.5 Å². The quantitative estimate of drug-likeness (QED) is 0.394. The van der Waals surface area contributed by atoms with Gasteiger partial charge in [-0.1, -0.05) is 23.1 Å². The van der Waals surface area contributed by atoms with Gasteiger partial charge in [-0.2, -0.15) is 4.57 Å². The van der Waals surface area contributed by atoms with E-state index >= 15 is 0 Å². The lowest BCUT2D eigenvalue weighted by molar-refractivity contribution is -0.657. The Morgan fingerprint density at radius 2 is 1.91 bits per heavy atom. The second-order valence-corrected chi connectivity index (χ2v) is 10.6. The number of carboxylic acid groups (broad SMARTS) is 1. The van der Waals surface area contributed by atoms with Crippen LogP contribution in [-0.4, -0.2) is 36.3 Å². The fourth-order valence-electron chi connectivity index (χ4n) is 3.40. The van der Waals surface area contributed by atoms with Gasteiger partial charge in [0.05, 0.1) is 26.9 Å². The zero-order valence-corrected chi connectivity index (χ0v) is 18.8. The third-order valence-electron chi connectivity index (χ3n) is 4.70. The number of carbonyl (C=O) groups is 1. The molecular weight excluding hydrogens is 482 g/mol. The molecule has 7 nitrogen and oxygen atoms in total. The summed E-state index contributed by atoms with van der Waals surface area (Å²) in [5.41, 5.74) is 0.960. The van der Waals surface area contributed by atoms with Crippen LogP contribution in [0.4, 0.5) is 14.5 Å². The zero-order valence-electron chi connectivity index (χ0n) is 16.3.